The molecule has 0 bridgehead atoms. The number of hydrogen-bond donors (Lipinski definition) is 1. The van der Waals surface area contributed by atoms with E-state index < -0.39 is 6.04 Å². The second kappa shape index (κ2) is 11.0. The zero-order valence-electron chi connectivity index (χ0n) is 18.9. The fourth-order valence-corrected chi connectivity index (χ4v) is 4.28. The van der Waals surface area contributed by atoms with Gasteiger partial charge in [-0.25, -0.2) is 0 Å². The van der Waals surface area contributed by atoms with Gasteiger partial charge in [0.2, 0.25) is 11.8 Å². The minimum Gasteiger partial charge on any atom is -0.497 e. The molecule has 1 aliphatic rings. The molecule has 0 radical (unpaired) electrons. The molecular formula is C26H34N2O3. The fourth-order valence-electron chi connectivity index (χ4n) is 4.28. The summed E-state index contributed by atoms with van der Waals surface area (Å²) in [5.74, 6) is 0.684. The Morgan fingerprint density at radius 2 is 1.77 bits per heavy atom. The lowest BCUT2D eigenvalue weighted by Gasteiger charge is -2.32. The number of nitrogens with one attached hydrogen (secondary N) is 1. The number of ether oxygens (including phenoxy) is 1. The Hall–Kier alpha value is -2.82. The number of hydrogen-bond acceptors (Lipinski definition) is 3. The molecule has 5 heteroatoms. The maximum Gasteiger partial charge on any atom is 0.243 e. The lowest BCUT2D eigenvalue weighted by molar-refractivity contribution is -0.141. The van der Waals surface area contributed by atoms with E-state index in [4.69, 9.17) is 4.74 Å². The molecule has 3 rings (SSSR count). The van der Waals surface area contributed by atoms with Crippen LogP contribution in [0.15, 0.2) is 48.5 Å². The van der Waals surface area contributed by atoms with Crippen LogP contribution in [0, 0.1) is 6.92 Å². The smallest absolute Gasteiger partial charge is 0.243 e. The second-order valence-corrected chi connectivity index (χ2v) is 8.39. The van der Waals surface area contributed by atoms with Crippen molar-refractivity contribution in [2.45, 2.75) is 71.0 Å². The van der Waals surface area contributed by atoms with Crippen LogP contribution >= 0.6 is 0 Å². The van der Waals surface area contributed by atoms with Crippen LogP contribution in [0.1, 0.15) is 55.7 Å². The van der Waals surface area contributed by atoms with Crippen LogP contribution < -0.4 is 10.1 Å². The lowest BCUT2D eigenvalue weighted by Crippen LogP contribution is -2.51. The highest BCUT2D eigenvalue weighted by molar-refractivity contribution is 5.88. The first kappa shape index (κ1) is 22.9. The van der Waals surface area contributed by atoms with E-state index in [9.17, 15) is 9.59 Å². The zero-order valence-corrected chi connectivity index (χ0v) is 18.9. The van der Waals surface area contributed by atoms with Crippen molar-refractivity contribution in [3.63, 3.8) is 0 Å². The van der Waals surface area contributed by atoms with E-state index in [1.54, 1.807) is 12.0 Å². The van der Waals surface area contributed by atoms with Crippen molar-refractivity contribution in [3.05, 3.63) is 65.2 Å². The molecule has 2 aromatic rings. The van der Waals surface area contributed by atoms with Crippen LogP contribution in [0.3, 0.4) is 0 Å². The standard InChI is InChI=1S/C26H34N2O3/c1-4-24(26(30)27-22-11-7-8-12-22)28(18-21-10-6-5-9-19(21)2)25(29)17-20-13-15-23(31-3)16-14-20/h5-6,9-10,13-16,22,24H,4,7-8,11-12,17-18H2,1-3H3,(H,27,30)/t24-/m1/s1. The predicted molar refractivity (Wildman–Crippen MR) is 123 cm³/mol. The summed E-state index contributed by atoms with van der Waals surface area (Å²) in [6.07, 6.45) is 5.21. The van der Waals surface area contributed by atoms with Gasteiger partial charge in [-0.2, -0.15) is 0 Å². The average molecular weight is 423 g/mol. The summed E-state index contributed by atoms with van der Waals surface area (Å²) in [7, 11) is 1.62. The third kappa shape index (κ3) is 6.09. The third-order valence-electron chi connectivity index (χ3n) is 6.20. The van der Waals surface area contributed by atoms with Crippen LogP contribution in [0.2, 0.25) is 0 Å². The van der Waals surface area contributed by atoms with Gasteiger partial charge in [-0.3, -0.25) is 9.59 Å². The number of nitrogens with zero attached hydrogens (tertiary/aromatic N) is 1. The van der Waals surface area contributed by atoms with Crippen LogP contribution in [-0.2, 0) is 22.6 Å². The van der Waals surface area contributed by atoms with Crippen molar-refractivity contribution in [1.82, 2.24) is 10.2 Å². The highest BCUT2D eigenvalue weighted by Crippen LogP contribution is 2.21. The quantitative estimate of drug-likeness (QED) is 0.651. The molecule has 1 N–H and O–H groups in total. The molecule has 5 nitrogen and oxygen atoms in total. The van der Waals surface area contributed by atoms with Gasteiger partial charge in [0.15, 0.2) is 0 Å². The number of methoxy groups -OCH3 is 1. The van der Waals surface area contributed by atoms with Gasteiger partial charge in [0.25, 0.3) is 0 Å². The molecule has 1 aliphatic carbocycles. The Morgan fingerprint density at radius 3 is 2.39 bits per heavy atom. The largest absolute Gasteiger partial charge is 0.497 e. The molecule has 1 atom stereocenters. The average Bonchev–Trinajstić information content (AvgIpc) is 3.28. The Kier molecular flexibility index (Phi) is 8.10. The van der Waals surface area contributed by atoms with Crippen LogP contribution in [0.4, 0.5) is 0 Å². The third-order valence-corrected chi connectivity index (χ3v) is 6.20. The topological polar surface area (TPSA) is 58.6 Å². The molecule has 0 spiro atoms. The molecule has 1 saturated carbocycles. The number of carbonyl (C=O) groups is 2. The van der Waals surface area contributed by atoms with Gasteiger partial charge in [-0.05, 0) is 55.0 Å². The summed E-state index contributed by atoms with van der Waals surface area (Å²) in [6.45, 7) is 4.45. The Labute approximate surface area is 185 Å². The van der Waals surface area contributed by atoms with Crippen LogP contribution in [0.5, 0.6) is 5.75 Å². The lowest BCUT2D eigenvalue weighted by atomic mass is 10.0. The summed E-state index contributed by atoms with van der Waals surface area (Å²) in [6, 6.07) is 15.3. The second-order valence-electron chi connectivity index (χ2n) is 8.39. The summed E-state index contributed by atoms with van der Waals surface area (Å²) in [4.78, 5) is 28.4. The van der Waals surface area contributed by atoms with Crippen LogP contribution in [0.25, 0.3) is 0 Å². The number of amides is 2. The molecule has 0 aliphatic heterocycles. The molecule has 0 unspecified atom stereocenters. The van der Waals surface area contributed by atoms with E-state index in [1.165, 1.54) is 0 Å². The number of rotatable bonds is 9. The number of carbonyl (C=O) groups excluding carboxylic acids is 2. The Morgan fingerprint density at radius 1 is 1.10 bits per heavy atom. The summed E-state index contributed by atoms with van der Waals surface area (Å²) in [5.41, 5.74) is 3.10. The minimum absolute atomic E-state index is 0.0361. The maximum atomic E-state index is 13.4. The van der Waals surface area contributed by atoms with Crippen LogP contribution in [-0.4, -0.2) is 35.9 Å². The minimum atomic E-state index is -0.481. The molecule has 31 heavy (non-hydrogen) atoms. The Bertz CT molecular complexity index is 872. The van der Waals surface area contributed by atoms with E-state index in [0.717, 1.165) is 48.1 Å². The first-order valence-electron chi connectivity index (χ1n) is 11.3. The molecule has 0 heterocycles. The highest BCUT2D eigenvalue weighted by Gasteiger charge is 2.30. The predicted octanol–water partition coefficient (Wildman–Crippen LogP) is 4.41. The number of benzene rings is 2. The van der Waals surface area contributed by atoms with Gasteiger partial charge in [0.05, 0.1) is 13.5 Å². The van der Waals surface area contributed by atoms with Gasteiger partial charge < -0.3 is 15.0 Å². The fraction of sp³-hybridized carbons (Fsp3) is 0.462. The van der Waals surface area contributed by atoms with Crippen molar-refractivity contribution >= 4 is 11.8 Å². The van der Waals surface area contributed by atoms with Gasteiger partial charge >= 0.3 is 0 Å². The SMILES string of the molecule is CC[C@H](C(=O)NC1CCCC1)N(Cc1ccccc1C)C(=O)Cc1ccc(OC)cc1. The van der Waals surface area contributed by atoms with Crippen molar-refractivity contribution in [2.75, 3.05) is 7.11 Å². The molecule has 2 amide bonds. The molecule has 1 fully saturated rings. The monoisotopic (exact) mass is 422 g/mol. The molecule has 2 aromatic carbocycles. The van der Waals surface area contributed by atoms with E-state index in [0.29, 0.717) is 13.0 Å². The summed E-state index contributed by atoms with van der Waals surface area (Å²) >= 11 is 0. The van der Waals surface area contributed by atoms with Crippen molar-refractivity contribution in [2.24, 2.45) is 0 Å². The van der Waals surface area contributed by atoms with E-state index >= 15 is 0 Å². The normalized spacial score (nSPS) is 14.8. The highest BCUT2D eigenvalue weighted by atomic mass is 16.5. The van der Waals surface area contributed by atoms with Gasteiger partial charge in [0, 0.05) is 12.6 Å². The van der Waals surface area contributed by atoms with Crippen molar-refractivity contribution < 1.29 is 14.3 Å². The summed E-state index contributed by atoms with van der Waals surface area (Å²) in [5, 5.41) is 3.20. The zero-order chi connectivity index (χ0) is 22.2. The Balaban J connectivity index is 1.81. The van der Waals surface area contributed by atoms with Gasteiger partial charge in [-0.1, -0.05) is 56.2 Å². The maximum absolute atomic E-state index is 13.4. The first-order valence-corrected chi connectivity index (χ1v) is 11.3. The van der Waals surface area contributed by atoms with E-state index in [-0.39, 0.29) is 24.3 Å². The van der Waals surface area contributed by atoms with Crippen molar-refractivity contribution in [1.29, 1.82) is 0 Å². The first-order chi connectivity index (χ1) is 15.0. The van der Waals surface area contributed by atoms with Gasteiger partial charge in [0.1, 0.15) is 11.8 Å². The van der Waals surface area contributed by atoms with E-state index in [2.05, 4.69) is 5.32 Å². The summed E-state index contributed by atoms with van der Waals surface area (Å²) < 4.78 is 5.22. The molecule has 0 saturated heterocycles. The molecule has 0 aromatic heterocycles. The number of aryl methyl sites for hydroxylation is 1. The van der Waals surface area contributed by atoms with Gasteiger partial charge in [-0.15, -0.1) is 0 Å². The van der Waals surface area contributed by atoms with E-state index in [1.807, 2.05) is 62.4 Å². The molecule has 166 valence electrons. The molecular weight excluding hydrogens is 388 g/mol. The van der Waals surface area contributed by atoms with Crippen molar-refractivity contribution in [3.8, 4) is 5.75 Å².